The Morgan fingerprint density at radius 2 is 1.94 bits per heavy atom. The lowest BCUT2D eigenvalue weighted by atomic mass is 9.61. The molecule has 0 unspecified atom stereocenters. The number of aliphatic hydroxyl groups excluding tert-OH is 2. The van der Waals surface area contributed by atoms with Crippen molar-refractivity contribution in [3.8, 4) is 0 Å². The van der Waals surface area contributed by atoms with E-state index in [1.807, 2.05) is 6.92 Å². The maximum atomic E-state index is 13.5. The highest BCUT2D eigenvalue weighted by Gasteiger charge is 2.51. The third kappa shape index (κ3) is 4.75. The first-order valence-electron chi connectivity index (χ1n) is 13.0. The number of fused-ring (bicyclic) bond motifs is 1. The molecular formula is C28H43F2NO2. The molecule has 1 heterocycles. The second-order valence-corrected chi connectivity index (χ2v) is 12.0. The van der Waals surface area contributed by atoms with Gasteiger partial charge in [-0.25, -0.2) is 8.78 Å². The van der Waals surface area contributed by atoms with Gasteiger partial charge in [0.2, 0.25) is 0 Å². The van der Waals surface area contributed by atoms with Gasteiger partial charge in [0, 0.05) is 31.5 Å². The quantitative estimate of drug-likeness (QED) is 0.558. The summed E-state index contributed by atoms with van der Waals surface area (Å²) in [6.45, 7) is 13.8. The lowest BCUT2D eigenvalue weighted by Crippen LogP contribution is -2.55. The largest absolute Gasteiger partial charge is 0.392 e. The molecule has 4 rings (SSSR count). The van der Waals surface area contributed by atoms with Gasteiger partial charge in [-0.15, -0.1) is 0 Å². The number of alkyl halides is 2. The number of hydrogen-bond donors (Lipinski definition) is 2. The number of hydrogen-bond acceptors (Lipinski definition) is 3. The average Bonchev–Trinajstić information content (AvgIpc) is 3.07. The van der Waals surface area contributed by atoms with Crippen LogP contribution in [0.3, 0.4) is 0 Å². The van der Waals surface area contributed by atoms with Crippen molar-refractivity contribution in [3.63, 3.8) is 0 Å². The molecule has 0 spiro atoms. The fourth-order valence-corrected chi connectivity index (χ4v) is 7.43. The van der Waals surface area contributed by atoms with Crippen LogP contribution in [0.15, 0.2) is 35.5 Å². The third-order valence-electron chi connectivity index (χ3n) is 9.75. The van der Waals surface area contributed by atoms with Crippen LogP contribution in [-0.2, 0) is 0 Å². The van der Waals surface area contributed by atoms with Gasteiger partial charge in [0.15, 0.2) is 0 Å². The minimum absolute atomic E-state index is 0.178. The van der Waals surface area contributed by atoms with Crippen LogP contribution < -0.4 is 0 Å². The van der Waals surface area contributed by atoms with Gasteiger partial charge in [0.25, 0.3) is 5.92 Å². The highest BCUT2D eigenvalue weighted by molar-refractivity contribution is 5.39. The van der Waals surface area contributed by atoms with Crippen molar-refractivity contribution in [1.29, 1.82) is 0 Å². The summed E-state index contributed by atoms with van der Waals surface area (Å²) in [4.78, 5) is 2.22. The van der Waals surface area contributed by atoms with E-state index >= 15 is 0 Å². The van der Waals surface area contributed by atoms with Crippen molar-refractivity contribution in [2.24, 2.45) is 35.0 Å². The van der Waals surface area contributed by atoms with Crippen molar-refractivity contribution in [2.45, 2.75) is 84.4 Å². The van der Waals surface area contributed by atoms with Gasteiger partial charge in [-0.2, -0.15) is 0 Å². The van der Waals surface area contributed by atoms with Crippen molar-refractivity contribution in [1.82, 2.24) is 4.90 Å². The first-order chi connectivity index (χ1) is 15.4. The number of halogens is 2. The molecule has 0 aromatic heterocycles. The molecule has 0 aromatic carbocycles. The minimum Gasteiger partial charge on any atom is -0.392 e. The first kappa shape index (κ1) is 25.1. The van der Waals surface area contributed by atoms with Gasteiger partial charge in [-0.1, -0.05) is 45.1 Å². The predicted molar refractivity (Wildman–Crippen MR) is 129 cm³/mol. The van der Waals surface area contributed by atoms with E-state index in [9.17, 15) is 19.0 Å². The van der Waals surface area contributed by atoms with E-state index in [1.54, 1.807) is 0 Å². The van der Waals surface area contributed by atoms with Crippen LogP contribution >= 0.6 is 0 Å². The van der Waals surface area contributed by atoms with E-state index in [-0.39, 0.29) is 11.3 Å². The van der Waals surface area contributed by atoms with Crippen LogP contribution in [0.5, 0.6) is 0 Å². The lowest BCUT2D eigenvalue weighted by Gasteiger charge is -2.47. The normalized spacial score (nSPS) is 41.9. The van der Waals surface area contributed by atoms with E-state index in [4.69, 9.17) is 0 Å². The first-order valence-corrected chi connectivity index (χ1v) is 13.0. The summed E-state index contributed by atoms with van der Waals surface area (Å²) >= 11 is 0. The fourth-order valence-electron chi connectivity index (χ4n) is 7.43. The van der Waals surface area contributed by atoms with Gasteiger partial charge in [-0.05, 0) is 79.8 Å². The second kappa shape index (κ2) is 9.20. The van der Waals surface area contributed by atoms with E-state index in [2.05, 4.69) is 37.5 Å². The number of likely N-dealkylation sites (tertiary alicyclic amines) is 1. The third-order valence-corrected chi connectivity index (χ3v) is 9.75. The molecule has 0 amide bonds. The Kier molecular flexibility index (Phi) is 6.99. The van der Waals surface area contributed by atoms with E-state index in [0.717, 1.165) is 31.0 Å². The van der Waals surface area contributed by atoms with Crippen LogP contribution in [0.25, 0.3) is 0 Å². The summed E-state index contributed by atoms with van der Waals surface area (Å²) in [7, 11) is 0. The molecule has 4 fully saturated rings. The molecule has 0 radical (unpaired) electrons. The Morgan fingerprint density at radius 1 is 1.24 bits per heavy atom. The molecule has 4 aliphatic rings. The molecule has 186 valence electrons. The van der Waals surface area contributed by atoms with Crippen LogP contribution in [-0.4, -0.2) is 52.9 Å². The average molecular weight is 464 g/mol. The molecule has 3 nitrogen and oxygen atoms in total. The van der Waals surface area contributed by atoms with E-state index in [1.165, 1.54) is 31.3 Å². The van der Waals surface area contributed by atoms with Crippen LogP contribution in [0.2, 0.25) is 0 Å². The van der Waals surface area contributed by atoms with Crippen molar-refractivity contribution in [3.05, 3.63) is 35.5 Å². The van der Waals surface area contributed by atoms with Gasteiger partial charge in [0.05, 0.1) is 12.2 Å². The van der Waals surface area contributed by atoms with Gasteiger partial charge in [-0.3, -0.25) is 0 Å². The molecule has 7 atom stereocenters. The molecule has 2 N–H and O–H groups in total. The molecule has 0 aromatic rings. The molecule has 3 saturated carbocycles. The zero-order valence-electron chi connectivity index (χ0n) is 20.9. The van der Waals surface area contributed by atoms with Crippen molar-refractivity contribution >= 4 is 0 Å². The predicted octanol–water partition coefficient (Wildman–Crippen LogP) is 5.60. The minimum atomic E-state index is -2.56. The molecule has 5 heteroatoms. The maximum absolute atomic E-state index is 13.5. The topological polar surface area (TPSA) is 43.7 Å². The zero-order chi connectivity index (χ0) is 24.1. The second-order valence-electron chi connectivity index (χ2n) is 12.0. The molecule has 3 aliphatic carbocycles. The Morgan fingerprint density at radius 3 is 2.61 bits per heavy atom. The fraction of sp³-hybridized carbons (Fsp3) is 0.786. The molecule has 1 aliphatic heterocycles. The maximum Gasteiger partial charge on any atom is 0.250 e. The Bertz CT molecular complexity index is 809. The van der Waals surface area contributed by atoms with E-state index in [0.29, 0.717) is 37.3 Å². The summed E-state index contributed by atoms with van der Waals surface area (Å²) in [5.74, 6) is -1.53. The number of aliphatic hydroxyl groups is 2. The molecule has 0 bridgehead atoms. The van der Waals surface area contributed by atoms with Crippen LogP contribution in [0, 0.1) is 35.0 Å². The number of rotatable bonds is 5. The standard InChI is InChI=1S/C28H43F2NO2/c1-17(14-31-15-22(16-31)28(5,29)30)23-10-11-24-20(7-6-12-27(23,24)4)8-9-21-13-25(32)19(3)26(33)18(21)2/h8-9,17,19,22-26,32-33H,2,6-7,10-16H2,1,3-5H3/b20-8+,21-9-/t17-,19+,23-,24+,25-,26-,27-/m1/s1. The van der Waals surface area contributed by atoms with Crippen LogP contribution in [0.1, 0.15) is 66.2 Å². The molecule has 33 heavy (non-hydrogen) atoms. The van der Waals surface area contributed by atoms with Gasteiger partial charge in [0.1, 0.15) is 0 Å². The van der Waals surface area contributed by atoms with Crippen LogP contribution in [0.4, 0.5) is 8.78 Å². The van der Waals surface area contributed by atoms with Crippen molar-refractivity contribution < 1.29 is 19.0 Å². The number of allylic oxidation sites excluding steroid dienone is 3. The monoisotopic (exact) mass is 463 g/mol. The smallest absolute Gasteiger partial charge is 0.250 e. The Balaban J connectivity index is 1.43. The molecular weight excluding hydrogens is 420 g/mol. The summed E-state index contributed by atoms with van der Waals surface area (Å²) in [5.41, 5.74) is 3.47. The number of nitrogens with zero attached hydrogens (tertiary/aromatic N) is 1. The highest BCUT2D eigenvalue weighted by atomic mass is 19.3. The van der Waals surface area contributed by atoms with E-state index < -0.39 is 24.0 Å². The van der Waals surface area contributed by atoms with Gasteiger partial charge < -0.3 is 15.1 Å². The summed E-state index contributed by atoms with van der Waals surface area (Å²) in [5, 5.41) is 20.7. The molecule has 1 saturated heterocycles. The lowest BCUT2D eigenvalue weighted by molar-refractivity contribution is -0.109. The zero-order valence-corrected chi connectivity index (χ0v) is 20.9. The summed E-state index contributed by atoms with van der Waals surface area (Å²) in [6, 6.07) is 0. The Hall–Kier alpha value is -1.04. The Labute approximate surface area is 198 Å². The van der Waals surface area contributed by atoms with Crippen molar-refractivity contribution in [2.75, 3.05) is 19.6 Å². The van der Waals surface area contributed by atoms with Gasteiger partial charge >= 0.3 is 0 Å². The summed E-state index contributed by atoms with van der Waals surface area (Å²) in [6.07, 6.45) is 9.63. The highest BCUT2D eigenvalue weighted by Crippen LogP contribution is 2.59. The SMILES string of the molecule is C=C1/C(=C\C=C2/CCC[C@]3(C)[C@@H]([C@H](C)CN4CC(C(C)(F)F)C4)CC[C@@H]23)C[C@@H](O)[C@H](C)[C@@H]1O. The summed E-state index contributed by atoms with van der Waals surface area (Å²) < 4.78 is 27.1.